The highest BCUT2D eigenvalue weighted by Crippen LogP contribution is 2.34. The first-order valence-corrected chi connectivity index (χ1v) is 5.83. The summed E-state index contributed by atoms with van der Waals surface area (Å²) in [6.45, 7) is 13.9. The van der Waals surface area contributed by atoms with Crippen molar-refractivity contribution in [3.63, 3.8) is 0 Å². The molecule has 0 aromatic carbocycles. The molecule has 0 spiro atoms. The number of rotatable bonds is 7. The molecule has 0 unspecified atom stereocenters. The van der Waals surface area contributed by atoms with Gasteiger partial charge in [-0.2, -0.15) is 0 Å². The van der Waals surface area contributed by atoms with E-state index in [0.29, 0.717) is 5.41 Å². The zero-order valence-corrected chi connectivity index (χ0v) is 10.1. The predicted octanol–water partition coefficient (Wildman–Crippen LogP) is 3.45. The van der Waals surface area contributed by atoms with E-state index >= 15 is 0 Å². The standard InChI is InChI=1S/C12H27N/c1-6-9-13-10-12(7-2,8-3)11(4)5/h11,13H,6-10H2,1-5H3. The quantitative estimate of drug-likeness (QED) is 0.599. The molecule has 0 saturated carbocycles. The molecule has 0 rings (SSSR count). The van der Waals surface area contributed by atoms with Gasteiger partial charge in [0.2, 0.25) is 0 Å². The Balaban J connectivity index is 4.06. The molecule has 0 heterocycles. The third kappa shape index (κ3) is 3.68. The molecule has 80 valence electrons. The van der Waals surface area contributed by atoms with Crippen molar-refractivity contribution in [3.8, 4) is 0 Å². The van der Waals surface area contributed by atoms with Crippen molar-refractivity contribution in [2.75, 3.05) is 13.1 Å². The third-order valence-corrected chi connectivity index (χ3v) is 3.54. The molecule has 0 atom stereocenters. The topological polar surface area (TPSA) is 12.0 Å². The molecule has 1 heteroatoms. The van der Waals surface area contributed by atoms with E-state index < -0.39 is 0 Å². The van der Waals surface area contributed by atoms with E-state index in [0.717, 1.165) is 12.5 Å². The van der Waals surface area contributed by atoms with Gasteiger partial charge in [0.15, 0.2) is 0 Å². The first kappa shape index (κ1) is 13.0. The second kappa shape index (κ2) is 6.42. The first-order valence-electron chi connectivity index (χ1n) is 5.83. The van der Waals surface area contributed by atoms with Gasteiger partial charge in [-0.25, -0.2) is 0 Å². The molecule has 0 amide bonds. The van der Waals surface area contributed by atoms with E-state index in [1.807, 2.05) is 0 Å². The van der Waals surface area contributed by atoms with Crippen molar-refractivity contribution in [3.05, 3.63) is 0 Å². The molecule has 0 aromatic rings. The highest BCUT2D eigenvalue weighted by molar-refractivity contribution is 4.81. The van der Waals surface area contributed by atoms with Crippen LogP contribution in [0.2, 0.25) is 0 Å². The minimum Gasteiger partial charge on any atom is -0.316 e. The van der Waals surface area contributed by atoms with Crippen LogP contribution in [0.25, 0.3) is 0 Å². The van der Waals surface area contributed by atoms with Gasteiger partial charge in [0.25, 0.3) is 0 Å². The molecule has 0 fully saturated rings. The van der Waals surface area contributed by atoms with Gasteiger partial charge in [-0.1, -0.05) is 34.6 Å². The highest BCUT2D eigenvalue weighted by Gasteiger charge is 2.28. The molecule has 0 saturated heterocycles. The first-order chi connectivity index (χ1) is 6.13. The van der Waals surface area contributed by atoms with E-state index in [4.69, 9.17) is 0 Å². The summed E-state index contributed by atoms with van der Waals surface area (Å²) in [5, 5.41) is 3.56. The molecule has 1 N–H and O–H groups in total. The van der Waals surface area contributed by atoms with Gasteiger partial charge in [0, 0.05) is 6.54 Å². The lowest BCUT2D eigenvalue weighted by atomic mass is 9.73. The maximum atomic E-state index is 3.56. The van der Waals surface area contributed by atoms with Crippen molar-refractivity contribution < 1.29 is 0 Å². The summed E-state index contributed by atoms with van der Waals surface area (Å²) in [4.78, 5) is 0. The average Bonchev–Trinajstić information content (AvgIpc) is 2.13. The van der Waals surface area contributed by atoms with E-state index in [1.165, 1.54) is 25.8 Å². The zero-order chi connectivity index (χ0) is 10.3. The summed E-state index contributed by atoms with van der Waals surface area (Å²) < 4.78 is 0. The summed E-state index contributed by atoms with van der Waals surface area (Å²) in [7, 11) is 0. The van der Waals surface area contributed by atoms with Gasteiger partial charge < -0.3 is 5.32 Å². The Morgan fingerprint density at radius 1 is 1.08 bits per heavy atom. The number of nitrogens with one attached hydrogen (secondary N) is 1. The summed E-state index contributed by atoms with van der Waals surface area (Å²) in [5.74, 6) is 0.784. The maximum Gasteiger partial charge on any atom is 0.00101 e. The molecule has 0 aliphatic rings. The normalized spacial score (nSPS) is 12.5. The van der Waals surface area contributed by atoms with Gasteiger partial charge >= 0.3 is 0 Å². The van der Waals surface area contributed by atoms with Crippen molar-refractivity contribution in [2.45, 2.75) is 53.9 Å². The minimum atomic E-state index is 0.523. The summed E-state index contributed by atoms with van der Waals surface area (Å²) in [5.41, 5.74) is 0.523. The Morgan fingerprint density at radius 3 is 1.92 bits per heavy atom. The Kier molecular flexibility index (Phi) is 6.40. The zero-order valence-electron chi connectivity index (χ0n) is 10.1. The fraction of sp³-hybridized carbons (Fsp3) is 1.00. The highest BCUT2D eigenvalue weighted by atomic mass is 14.9. The molecule has 0 aliphatic heterocycles. The number of hydrogen-bond acceptors (Lipinski definition) is 1. The van der Waals surface area contributed by atoms with E-state index in [2.05, 4.69) is 39.9 Å². The summed E-state index contributed by atoms with van der Waals surface area (Å²) in [6.07, 6.45) is 3.82. The van der Waals surface area contributed by atoms with Crippen LogP contribution in [-0.2, 0) is 0 Å². The lowest BCUT2D eigenvalue weighted by Gasteiger charge is -2.36. The fourth-order valence-corrected chi connectivity index (χ4v) is 2.03. The van der Waals surface area contributed by atoms with Crippen LogP contribution in [0, 0.1) is 11.3 Å². The fourth-order valence-electron chi connectivity index (χ4n) is 2.03. The summed E-state index contributed by atoms with van der Waals surface area (Å²) >= 11 is 0. The van der Waals surface area contributed by atoms with Gasteiger partial charge in [-0.3, -0.25) is 0 Å². The molecule has 1 nitrogen and oxygen atoms in total. The van der Waals surface area contributed by atoms with Crippen LogP contribution in [0.15, 0.2) is 0 Å². The van der Waals surface area contributed by atoms with E-state index in [9.17, 15) is 0 Å². The second-order valence-corrected chi connectivity index (χ2v) is 4.40. The molecular formula is C12H27N. The van der Waals surface area contributed by atoms with E-state index in [-0.39, 0.29) is 0 Å². The third-order valence-electron chi connectivity index (χ3n) is 3.54. The SMILES string of the molecule is CCCNCC(CC)(CC)C(C)C. The lowest BCUT2D eigenvalue weighted by molar-refractivity contribution is 0.165. The van der Waals surface area contributed by atoms with Crippen molar-refractivity contribution >= 4 is 0 Å². The van der Waals surface area contributed by atoms with Crippen molar-refractivity contribution in [2.24, 2.45) is 11.3 Å². The molecule has 13 heavy (non-hydrogen) atoms. The number of hydrogen-bond donors (Lipinski definition) is 1. The molecule has 0 aromatic heterocycles. The van der Waals surface area contributed by atoms with Gasteiger partial charge in [0.05, 0.1) is 0 Å². The Bertz CT molecular complexity index is 114. The Labute approximate surface area is 84.3 Å². The summed E-state index contributed by atoms with van der Waals surface area (Å²) in [6, 6.07) is 0. The molecule has 0 aliphatic carbocycles. The molecular weight excluding hydrogens is 158 g/mol. The predicted molar refractivity (Wildman–Crippen MR) is 61.0 cm³/mol. The van der Waals surface area contributed by atoms with Crippen LogP contribution >= 0.6 is 0 Å². The maximum absolute atomic E-state index is 3.56. The largest absolute Gasteiger partial charge is 0.316 e. The van der Waals surface area contributed by atoms with Gasteiger partial charge in [-0.15, -0.1) is 0 Å². The molecule has 0 radical (unpaired) electrons. The van der Waals surface area contributed by atoms with E-state index in [1.54, 1.807) is 0 Å². The monoisotopic (exact) mass is 185 g/mol. The Hall–Kier alpha value is -0.0400. The lowest BCUT2D eigenvalue weighted by Crippen LogP contribution is -2.37. The van der Waals surface area contributed by atoms with Crippen LogP contribution in [0.5, 0.6) is 0 Å². The Morgan fingerprint density at radius 2 is 1.62 bits per heavy atom. The van der Waals surface area contributed by atoms with Crippen LogP contribution in [0.3, 0.4) is 0 Å². The van der Waals surface area contributed by atoms with Crippen LogP contribution in [0.4, 0.5) is 0 Å². The van der Waals surface area contributed by atoms with Gasteiger partial charge in [0.1, 0.15) is 0 Å². The average molecular weight is 185 g/mol. The van der Waals surface area contributed by atoms with Crippen molar-refractivity contribution in [1.29, 1.82) is 0 Å². The van der Waals surface area contributed by atoms with Crippen molar-refractivity contribution in [1.82, 2.24) is 5.32 Å². The van der Waals surface area contributed by atoms with Crippen LogP contribution in [0.1, 0.15) is 53.9 Å². The molecule has 0 bridgehead atoms. The smallest absolute Gasteiger partial charge is 0.00101 e. The van der Waals surface area contributed by atoms with Gasteiger partial charge in [-0.05, 0) is 37.1 Å². The second-order valence-electron chi connectivity index (χ2n) is 4.40. The van der Waals surface area contributed by atoms with Crippen LogP contribution in [-0.4, -0.2) is 13.1 Å². The minimum absolute atomic E-state index is 0.523. The van der Waals surface area contributed by atoms with Crippen LogP contribution < -0.4 is 5.32 Å².